The predicted molar refractivity (Wildman–Crippen MR) is 90.4 cm³/mol. The van der Waals surface area contributed by atoms with Crippen molar-refractivity contribution in [2.45, 2.75) is 32.7 Å². The molecule has 6 heteroatoms. The predicted octanol–water partition coefficient (Wildman–Crippen LogP) is 1.64. The van der Waals surface area contributed by atoms with Crippen LogP contribution in [-0.4, -0.2) is 22.0 Å². The molecule has 0 aliphatic rings. The molecule has 1 atom stereocenters. The third kappa shape index (κ3) is 4.18. The highest BCUT2D eigenvalue weighted by Gasteiger charge is 2.13. The Morgan fingerprint density at radius 1 is 1.35 bits per heavy atom. The van der Waals surface area contributed by atoms with Gasteiger partial charge in [0.2, 0.25) is 5.91 Å². The maximum absolute atomic E-state index is 12.4. The number of nitrogens with one attached hydrogen (secondary N) is 1. The van der Waals surface area contributed by atoms with Gasteiger partial charge in [-0.2, -0.15) is 0 Å². The van der Waals surface area contributed by atoms with Crippen LogP contribution in [0.3, 0.4) is 0 Å². The molecule has 1 aromatic heterocycles. The molecule has 23 heavy (non-hydrogen) atoms. The summed E-state index contributed by atoms with van der Waals surface area (Å²) >= 11 is 0. The molecule has 0 aliphatic heterocycles. The van der Waals surface area contributed by atoms with Crippen LogP contribution in [0.1, 0.15) is 30.5 Å². The Labute approximate surface area is 135 Å². The number of primary amides is 1. The molecule has 1 amide bonds. The van der Waals surface area contributed by atoms with E-state index in [9.17, 15) is 9.59 Å². The maximum Gasteiger partial charge on any atom is 0.293 e. The van der Waals surface area contributed by atoms with E-state index in [0.717, 1.165) is 6.42 Å². The average molecular weight is 314 g/mol. The molecule has 1 unspecified atom stereocenters. The van der Waals surface area contributed by atoms with Crippen LogP contribution in [0.15, 0.2) is 41.3 Å². The highest BCUT2D eigenvalue weighted by Crippen LogP contribution is 2.19. The molecule has 0 spiro atoms. The number of carbonyl (C=O) groups is 1. The van der Waals surface area contributed by atoms with Crippen molar-refractivity contribution in [3.8, 4) is 0 Å². The van der Waals surface area contributed by atoms with E-state index in [-0.39, 0.29) is 23.8 Å². The molecular weight excluding hydrogens is 292 g/mol. The summed E-state index contributed by atoms with van der Waals surface area (Å²) in [4.78, 5) is 27.6. The minimum atomic E-state index is -0.553. The maximum atomic E-state index is 12.4. The molecule has 6 nitrogen and oxygen atoms in total. The molecule has 1 heterocycles. The van der Waals surface area contributed by atoms with Crippen LogP contribution in [0.4, 0.5) is 5.82 Å². The smallest absolute Gasteiger partial charge is 0.293 e. The summed E-state index contributed by atoms with van der Waals surface area (Å²) in [7, 11) is 0. The summed E-state index contributed by atoms with van der Waals surface area (Å²) in [6.07, 6.45) is 2.51. The number of amides is 1. The van der Waals surface area contributed by atoms with Gasteiger partial charge in [-0.1, -0.05) is 37.3 Å². The van der Waals surface area contributed by atoms with Gasteiger partial charge < -0.3 is 11.1 Å². The Morgan fingerprint density at radius 3 is 2.65 bits per heavy atom. The van der Waals surface area contributed by atoms with Crippen molar-refractivity contribution in [3.05, 3.63) is 58.1 Å². The Kier molecular flexibility index (Phi) is 5.51. The minimum Gasteiger partial charge on any atom is -0.368 e. The lowest BCUT2D eigenvalue weighted by molar-refractivity contribution is -0.118. The second-order valence-electron chi connectivity index (χ2n) is 5.50. The van der Waals surface area contributed by atoms with Gasteiger partial charge >= 0.3 is 0 Å². The van der Waals surface area contributed by atoms with E-state index < -0.39 is 5.91 Å². The van der Waals surface area contributed by atoms with Gasteiger partial charge in [0, 0.05) is 24.4 Å². The summed E-state index contributed by atoms with van der Waals surface area (Å²) in [5.74, 6) is -0.0300. The molecule has 0 bridgehead atoms. The van der Waals surface area contributed by atoms with E-state index in [1.807, 2.05) is 18.2 Å². The van der Waals surface area contributed by atoms with Crippen molar-refractivity contribution in [1.82, 2.24) is 9.55 Å². The zero-order chi connectivity index (χ0) is 16.8. The van der Waals surface area contributed by atoms with Gasteiger partial charge in [-0.05, 0) is 18.9 Å². The number of hydrogen-bond acceptors (Lipinski definition) is 4. The van der Waals surface area contributed by atoms with Gasteiger partial charge in [-0.15, -0.1) is 0 Å². The number of nitrogens with zero attached hydrogens (tertiary/aromatic N) is 2. The summed E-state index contributed by atoms with van der Waals surface area (Å²) in [5, 5.41) is 3.11. The van der Waals surface area contributed by atoms with Gasteiger partial charge in [-0.25, -0.2) is 4.98 Å². The molecule has 0 aliphatic carbocycles. The van der Waals surface area contributed by atoms with Crippen LogP contribution in [0.25, 0.3) is 0 Å². The van der Waals surface area contributed by atoms with Crippen molar-refractivity contribution in [2.75, 3.05) is 11.9 Å². The minimum absolute atomic E-state index is 0.141. The number of aromatic nitrogens is 2. The first-order valence-corrected chi connectivity index (χ1v) is 7.66. The van der Waals surface area contributed by atoms with Crippen LogP contribution in [0, 0.1) is 6.92 Å². The Balaban J connectivity index is 2.17. The zero-order valence-electron chi connectivity index (χ0n) is 13.5. The second kappa shape index (κ2) is 7.58. The number of aryl methyl sites for hydroxylation is 1. The van der Waals surface area contributed by atoms with E-state index in [1.54, 1.807) is 13.1 Å². The number of anilines is 1. The van der Waals surface area contributed by atoms with E-state index in [1.165, 1.54) is 10.1 Å². The number of benzene rings is 1. The zero-order valence-corrected chi connectivity index (χ0v) is 13.5. The lowest BCUT2D eigenvalue weighted by atomic mass is 9.96. The van der Waals surface area contributed by atoms with Crippen LogP contribution in [-0.2, 0) is 11.3 Å². The quantitative estimate of drug-likeness (QED) is 0.813. The molecule has 122 valence electrons. The molecule has 0 saturated heterocycles. The van der Waals surface area contributed by atoms with Crippen molar-refractivity contribution in [1.29, 1.82) is 0 Å². The normalized spacial score (nSPS) is 11.9. The number of carbonyl (C=O) groups excluding carboxylic acids is 1. The fourth-order valence-electron chi connectivity index (χ4n) is 2.49. The summed E-state index contributed by atoms with van der Waals surface area (Å²) in [6.45, 7) is 4.29. The average Bonchev–Trinajstić information content (AvgIpc) is 2.54. The summed E-state index contributed by atoms with van der Waals surface area (Å²) in [6, 6.07) is 10.1. The largest absolute Gasteiger partial charge is 0.368 e. The highest BCUT2D eigenvalue weighted by molar-refractivity contribution is 5.73. The molecule has 1 aromatic carbocycles. The van der Waals surface area contributed by atoms with E-state index >= 15 is 0 Å². The standard InChI is InChI=1S/C17H22N4O2/c1-3-13(14-7-5-4-6-8-14)10-20-16-17(23)21(11-15(18)22)12(2)9-19-16/h4-9,13H,3,10-11H2,1-2H3,(H2,18,22)(H,19,20). The number of nitrogens with two attached hydrogens (primary N) is 1. The van der Waals surface area contributed by atoms with E-state index in [4.69, 9.17) is 5.73 Å². The molecule has 0 fully saturated rings. The van der Waals surface area contributed by atoms with Crippen molar-refractivity contribution < 1.29 is 4.79 Å². The van der Waals surface area contributed by atoms with Crippen LogP contribution >= 0.6 is 0 Å². The van der Waals surface area contributed by atoms with Crippen LogP contribution in [0.5, 0.6) is 0 Å². The Morgan fingerprint density at radius 2 is 2.04 bits per heavy atom. The molecule has 0 saturated carbocycles. The molecule has 2 aromatic rings. The third-order valence-electron chi connectivity index (χ3n) is 3.85. The topological polar surface area (TPSA) is 90.0 Å². The van der Waals surface area contributed by atoms with Gasteiger partial charge in [0.1, 0.15) is 6.54 Å². The van der Waals surface area contributed by atoms with Crippen molar-refractivity contribution in [2.24, 2.45) is 5.73 Å². The molecule has 0 radical (unpaired) electrons. The lowest BCUT2D eigenvalue weighted by Gasteiger charge is -2.17. The second-order valence-corrected chi connectivity index (χ2v) is 5.50. The van der Waals surface area contributed by atoms with Gasteiger partial charge in [0.25, 0.3) is 5.56 Å². The monoisotopic (exact) mass is 314 g/mol. The lowest BCUT2D eigenvalue weighted by Crippen LogP contribution is -2.32. The Bertz CT molecular complexity index is 725. The van der Waals surface area contributed by atoms with Gasteiger partial charge in [0.15, 0.2) is 5.82 Å². The van der Waals surface area contributed by atoms with Gasteiger partial charge in [0.05, 0.1) is 0 Å². The van der Waals surface area contributed by atoms with E-state index in [2.05, 4.69) is 29.4 Å². The molecular formula is C17H22N4O2. The first-order valence-electron chi connectivity index (χ1n) is 7.66. The molecule has 2 rings (SSSR count). The molecule has 3 N–H and O–H groups in total. The van der Waals surface area contributed by atoms with Crippen LogP contribution in [0.2, 0.25) is 0 Å². The van der Waals surface area contributed by atoms with E-state index in [0.29, 0.717) is 12.2 Å². The van der Waals surface area contributed by atoms with Gasteiger partial charge in [-0.3, -0.25) is 14.2 Å². The Hall–Kier alpha value is -2.63. The summed E-state index contributed by atoms with van der Waals surface area (Å²) < 4.78 is 1.33. The fourth-order valence-corrected chi connectivity index (χ4v) is 2.49. The highest BCUT2D eigenvalue weighted by atomic mass is 16.2. The van der Waals surface area contributed by atoms with Crippen molar-refractivity contribution >= 4 is 11.7 Å². The third-order valence-corrected chi connectivity index (χ3v) is 3.85. The number of rotatable bonds is 7. The number of hydrogen-bond donors (Lipinski definition) is 2. The fraction of sp³-hybridized carbons (Fsp3) is 0.353. The van der Waals surface area contributed by atoms with Crippen molar-refractivity contribution in [3.63, 3.8) is 0 Å². The first kappa shape index (κ1) is 16.7. The first-order chi connectivity index (χ1) is 11.0. The summed E-state index contributed by atoms with van der Waals surface area (Å²) in [5.41, 5.74) is 6.69. The van der Waals surface area contributed by atoms with Crippen LogP contribution < -0.4 is 16.6 Å². The SMILES string of the molecule is CCC(CNc1ncc(C)n(CC(N)=O)c1=O)c1ccccc1.